The van der Waals surface area contributed by atoms with Crippen LogP contribution >= 0.6 is 11.8 Å². The summed E-state index contributed by atoms with van der Waals surface area (Å²) in [7, 11) is -1.49. The Labute approximate surface area is 132 Å². The molecule has 2 rings (SSSR count). The highest BCUT2D eigenvalue weighted by Gasteiger charge is 2.30. The third-order valence-corrected chi connectivity index (χ3v) is 6.63. The van der Waals surface area contributed by atoms with Crippen LogP contribution < -0.4 is 10.0 Å². The minimum atomic E-state index is -3.40. The molecule has 4 nitrogen and oxygen atoms in total. The van der Waals surface area contributed by atoms with Gasteiger partial charge in [0.15, 0.2) is 0 Å². The van der Waals surface area contributed by atoms with Crippen molar-refractivity contribution < 1.29 is 8.42 Å². The molecule has 1 fully saturated rings. The maximum absolute atomic E-state index is 12.4. The van der Waals surface area contributed by atoms with E-state index in [4.69, 9.17) is 0 Å². The molecule has 1 aromatic carbocycles. The Morgan fingerprint density at radius 2 is 1.95 bits per heavy atom. The Hall–Kier alpha value is -0.560. The fourth-order valence-corrected chi connectivity index (χ4v) is 5.05. The van der Waals surface area contributed by atoms with Gasteiger partial charge in [-0.2, -0.15) is 11.8 Å². The maximum Gasteiger partial charge on any atom is 0.240 e. The molecule has 0 saturated heterocycles. The van der Waals surface area contributed by atoms with Crippen molar-refractivity contribution in [2.75, 3.05) is 19.8 Å². The van der Waals surface area contributed by atoms with E-state index in [-0.39, 0.29) is 6.04 Å². The highest BCUT2D eigenvalue weighted by Crippen LogP contribution is 2.29. The van der Waals surface area contributed by atoms with Gasteiger partial charge in [-0.15, -0.1) is 0 Å². The number of benzene rings is 1. The highest BCUT2D eigenvalue weighted by molar-refractivity contribution is 7.99. The summed E-state index contributed by atoms with van der Waals surface area (Å²) in [6.45, 7) is 0.891. The van der Waals surface area contributed by atoms with Gasteiger partial charge in [-0.05, 0) is 56.8 Å². The van der Waals surface area contributed by atoms with E-state index >= 15 is 0 Å². The summed E-state index contributed by atoms with van der Waals surface area (Å²) in [6, 6.07) is 7.26. The van der Waals surface area contributed by atoms with Crippen LogP contribution in [0.5, 0.6) is 0 Å². The Balaban J connectivity index is 2.05. The molecule has 6 heteroatoms. The number of thioether (sulfide) groups is 1. The second-order valence-electron chi connectivity index (χ2n) is 5.43. The molecule has 0 heterocycles. The lowest BCUT2D eigenvalue weighted by Crippen LogP contribution is -2.38. The van der Waals surface area contributed by atoms with Crippen LogP contribution in [0, 0.1) is 0 Å². The number of hydrogen-bond donors (Lipinski definition) is 2. The lowest BCUT2D eigenvalue weighted by Gasteiger charge is -2.19. The van der Waals surface area contributed by atoms with Crippen LogP contribution in [0.15, 0.2) is 29.2 Å². The van der Waals surface area contributed by atoms with Crippen LogP contribution in [0.1, 0.15) is 24.8 Å². The first-order valence-corrected chi connectivity index (χ1v) is 10.1. The van der Waals surface area contributed by atoms with Gasteiger partial charge in [0.1, 0.15) is 0 Å². The van der Waals surface area contributed by atoms with Crippen molar-refractivity contribution in [2.45, 2.75) is 41.9 Å². The minimum absolute atomic E-state index is 0.0639. The number of likely N-dealkylation sites (N-methyl/N-ethyl adjacent to an activating group) is 1. The van der Waals surface area contributed by atoms with Crippen LogP contribution in [-0.4, -0.2) is 39.6 Å². The molecule has 2 N–H and O–H groups in total. The summed E-state index contributed by atoms with van der Waals surface area (Å²) in [5.41, 5.74) is 1.14. The van der Waals surface area contributed by atoms with Crippen molar-refractivity contribution in [3.05, 3.63) is 29.8 Å². The van der Waals surface area contributed by atoms with Crippen molar-refractivity contribution in [3.63, 3.8) is 0 Å². The van der Waals surface area contributed by atoms with E-state index in [2.05, 4.69) is 10.0 Å². The van der Waals surface area contributed by atoms with Gasteiger partial charge in [0, 0.05) is 11.3 Å². The van der Waals surface area contributed by atoms with Crippen molar-refractivity contribution >= 4 is 21.8 Å². The molecule has 0 radical (unpaired) electrons. The molecule has 1 saturated carbocycles. The maximum atomic E-state index is 12.4. The molecule has 118 valence electrons. The van der Waals surface area contributed by atoms with E-state index in [9.17, 15) is 8.42 Å². The summed E-state index contributed by atoms with van der Waals surface area (Å²) < 4.78 is 27.8. The molecular formula is C15H24N2O2S2. The van der Waals surface area contributed by atoms with Crippen LogP contribution in [0.2, 0.25) is 0 Å². The van der Waals surface area contributed by atoms with E-state index in [1.165, 1.54) is 0 Å². The monoisotopic (exact) mass is 328 g/mol. The second kappa shape index (κ2) is 7.63. The van der Waals surface area contributed by atoms with Gasteiger partial charge < -0.3 is 5.32 Å². The largest absolute Gasteiger partial charge is 0.319 e. The summed E-state index contributed by atoms with van der Waals surface area (Å²) in [6.07, 6.45) is 6.08. The molecule has 0 spiro atoms. The SMILES string of the molecule is CNCCc1ccc(S(=O)(=O)NC2CCCC2SC)cc1. The number of sulfonamides is 1. The summed E-state index contributed by atoms with van der Waals surface area (Å²) >= 11 is 1.75. The van der Waals surface area contributed by atoms with Gasteiger partial charge in [-0.1, -0.05) is 18.6 Å². The van der Waals surface area contributed by atoms with Gasteiger partial charge >= 0.3 is 0 Å². The van der Waals surface area contributed by atoms with Crippen molar-refractivity contribution in [1.82, 2.24) is 10.0 Å². The minimum Gasteiger partial charge on any atom is -0.319 e. The molecule has 1 aliphatic rings. The van der Waals surface area contributed by atoms with Crippen molar-refractivity contribution in [1.29, 1.82) is 0 Å². The van der Waals surface area contributed by atoms with Gasteiger partial charge in [-0.3, -0.25) is 0 Å². The summed E-state index contributed by atoms with van der Waals surface area (Å²) in [4.78, 5) is 0.363. The lowest BCUT2D eigenvalue weighted by atomic mass is 10.1. The van der Waals surface area contributed by atoms with Crippen LogP contribution in [0.3, 0.4) is 0 Å². The molecule has 2 atom stereocenters. The standard InChI is InChI=1S/C15H24N2O2S2/c1-16-11-10-12-6-8-13(9-7-12)21(18,19)17-14-4-3-5-15(14)20-2/h6-9,14-17H,3-5,10-11H2,1-2H3. The normalized spacial score (nSPS) is 22.6. The first-order chi connectivity index (χ1) is 10.1. The van der Waals surface area contributed by atoms with Gasteiger partial charge in [0.05, 0.1) is 4.90 Å². The van der Waals surface area contributed by atoms with Crippen molar-refractivity contribution in [2.24, 2.45) is 0 Å². The molecule has 2 unspecified atom stereocenters. The topological polar surface area (TPSA) is 58.2 Å². The van der Waals surface area contributed by atoms with E-state index in [0.717, 1.165) is 37.8 Å². The van der Waals surface area contributed by atoms with Crippen LogP contribution in [0.25, 0.3) is 0 Å². The molecule has 0 aromatic heterocycles. The Kier molecular flexibility index (Phi) is 6.10. The zero-order chi connectivity index (χ0) is 15.3. The predicted molar refractivity (Wildman–Crippen MR) is 89.3 cm³/mol. The second-order valence-corrected chi connectivity index (χ2v) is 8.22. The highest BCUT2D eigenvalue weighted by atomic mass is 32.2. The van der Waals surface area contributed by atoms with Gasteiger partial charge in [-0.25, -0.2) is 13.1 Å². The lowest BCUT2D eigenvalue weighted by molar-refractivity contribution is 0.555. The molecule has 0 bridgehead atoms. The molecular weight excluding hydrogens is 304 g/mol. The van der Waals surface area contributed by atoms with Crippen LogP contribution in [-0.2, 0) is 16.4 Å². The number of rotatable bonds is 7. The van der Waals surface area contributed by atoms with E-state index in [1.807, 2.05) is 25.4 Å². The summed E-state index contributed by atoms with van der Waals surface area (Å²) in [5.74, 6) is 0. The van der Waals surface area contributed by atoms with E-state index in [1.54, 1.807) is 23.9 Å². The average molecular weight is 329 g/mol. The first kappa shape index (κ1) is 16.8. The fourth-order valence-electron chi connectivity index (χ4n) is 2.71. The van der Waals surface area contributed by atoms with Crippen LogP contribution in [0.4, 0.5) is 0 Å². The number of nitrogens with one attached hydrogen (secondary N) is 2. The molecule has 21 heavy (non-hydrogen) atoms. The number of hydrogen-bond acceptors (Lipinski definition) is 4. The smallest absolute Gasteiger partial charge is 0.240 e. The average Bonchev–Trinajstić information content (AvgIpc) is 2.92. The third-order valence-electron chi connectivity index (χ3n) is 3.96. The first-order valence-electron chi connectivity index (χ1n) is 7.35. The molecule has 0 amide bonds. The van der Waals surface area contributed by atoms with Gasteiger partial charge in [0.2, 0.25) is 10.0 Å². The zero-order valence-electron chi connectivity index (χ0n) is 12.6. The molecule has 0 aliphatic heterocycles. The Morgan fingerprint density at radius 3 is 2.57 bits per heavy atom. The fraction of sp³-hybridized carbons (Fsp3) is 0.600. The van der Waals surface area contributed by atoms with E-state index in [0.29, 0.717) is 10.1 Å². The third kappa shape index (κ3) is 4.45. The Morgan fingerprint density at radius 1 is 1.24 bits per heavy atom. The zero-order valence-corrected chi connectivity index (χ0v) is 14.3. The Bertz CT molecular complexity index is 543. The quantitative estimate of drug-likeness (QED) is 0.804. The van der Waals surface area contributed by atoms with E-state index < -0.39 is 10.0 Å². The molecule has 1 aromatic rings. The van der Waals surface area contributed by atoms with Gasteiger partial charge in [0.25, 0.3) is 0 Å². The predicted octanol–water partition coefficient (Wildman–Crippen LogP) is 2.01. The summed E-state index contributed by atoms with van der Waals surface area (Å²) in [5, 5.41) is 3.49. The van der Waals surface area contributed by atoms with Crippen molar-refractivity contribution in [3.8, 4) is 0 Å². The molecule has 1 aliphatic carbocycles.